The van der Waals surface area contributed by atoms with Gasteiger partial charge in [0, 0.05) is 23.9 Å². The minimum atomic E-state index is -0.578. The van der Waals surface area contributed by atoms with Crippen molar-refractivity contribution >= 4 is 30.7 Å². The molecule has 1 saturated heterocycles. The molecule has 0 spiro atoms. The lowest BCUT2D eigenvalue weighted by Crippen LogP contribution is -2.32. The van der Waals surface area contributed by atoms with Crippen molar-refractivity contribution in [2.45, 2.75) is 64.8 Å². The zero-order valence-electron chi connectivity index (χ0n) is 18.0. The first kappa shape index (κ1) is 25.3. The Morgan fingerprint density at radius 1 is 1.19 bits per heavy atom. The minimum Gasteiger partial charge on any atom is -0.427 e. The molecule has 1 fully saturated rings. The molecule has 3 heterocycles. The maximum absolute atomic E-state index is 12.7. The molecule has 2 aromatic heterocycles. The number of nitrogens with zero attached hydrogens (tertiary/aromatic N) is 2. The average Bonchev–Trinajstić information content (AvgIpc) is 2.72. The molecule has 0 bridgehead atoms. The zero-order valence-corrected chi connectivity index (χ0v) is 19.6. The Morgan fingerprint density at radius 3 is 2.68 bits per heavy atom. The molecule has 2 aliphatic rings. The van der Waals surface area contributed by atoms with Crippen LogP contribution in [0.5, 0.6) is 0 Å². The van der Waals surface area contributed by atoms with E-state index in [4.69, 9.17) is 4.42 Å². The second-order valence-corrected chi connectivity index (χ2v) is 8.08. The number of carbonyl (C=O) groups excluding carboxylic acids is 1. The minimum absolute atomic E-state index is 0. The first-order valence-corrected chi connectivity index (χ1v) is 10.5. The summed E-state index contributed by atoms with van der Waals surface area (Å²) in [4.78, 5) is 34.4. The third kappa shape index (κ3) is 5.64. The maximum atomic E-state index is 12.7. The number of nitrogens with one attached hydrogen (secondary N) is 2. The summed E-state index contributed by atoms with van der Waals surface area (Å²) in [6, 6.07) is 1.83. The number of aryl methyl sites for hydroxylation is 3. The number of fused-ring (bicyclic) bond motifs is 1. The van der Waals surface area contributed by atoms with E-state index in [2.05, 4.69) is 20.6 Å². The van der Waals surface area contributed by atoms with Crippen molar-refractivity contribution in [2.75, 3.05) is 13.1 Å². The largest absolute Gasteiger partial charge is 0.427 e. The number of aromatic nitrogens is 2. The summed E-state index contributed by atoms with van der Waals surface area (Å²) in [7, 11) is 0. The van der Waals surface area contributed by atoms with E-state index in [1.807, 2.05) is 13.0 Å². The number of hydrogen-bond acceptors (Lipinski definition) is 6. The Labute approximate surface area is 194 Å². The van der Waals surface area contributed by atoms with Gasteiger partial charge in [0.25, 0.3) is 5.91 Å². The summed E-state index contributed by atoms with van der Waals surface area (Å²) in [6.45, 7) is 5.76. The van der Waals surface area contributed by atoms with Crippen LogP contribution < -0.4 is 16.3 Å². The fourth-order valence-electron chi connectivity index (χ4n) is 4.37. The summed E-state index contributed by atoms with van der Waals surface area (Å²) in [5.41, 5.74) is 3.45. The lowest BCUT2D eigenvalue weighted by Gasteiger charge is -2.22. The first-order valence-electron chi connectivity index (χ1n) is 10.5. The Balaban J connectivity index is 0.00000171. The molecule has 4 rings (SSSR count). The van der Waals surface area contributed by atoms with E-state index in [-0.39, 0.29) is 42.8 Å². The van der Waals surface area contributed by atoms with Crippen molar-refractivity contribution in [3.05, 3.63) is 56.1 Å². The molecule has 2 aromatic rings. The first-order chi connectivity index (χ1) is 14.0. The van der Waals surface area contributed by atoms with Crippen LogP contribution in [0.15, 0.2) is 15.3 Å². The van der Waals surface area contributed by atoms with E-state index in [9.17, 15) is 9.59 Å². The van der Waals surface area contributed by atoms with Crippen molar-refractivity contribution in [1.29, 1.82) is 0 Å². The van der Waals surface area contributed by atoms with Crippen LogP contribution in [0.4, 0.5) is 0 Å². The lowest BCUT2D eigenvalue weighted by molar-refractivity contribution is 0.0944. The SMILES string of the molecule is Cc1cc(C2CCCNC2)oc(=O)c1C(=O)NCc1nc(C)c2c(n1)CCCC2.Cl.Cl. The molecule has 0 aromatic carbocycles. The highest BCUT2D eigenvalue weighted by atomic mass is 35.5. The highest BCUT2D eigenvalue weighted by Crippen LogP contribution is 2.24. The number of piperidine rings is 1. The highest BCUT2D eigenvalue weighted by molar-refractivity contribution is 5.95. The van der Waals surface area contributed by atoms with Crippen LogP contribution in [0.3, 0.4) is 0 Å². The second-order valence-electron chi connectivity index (χ2n) is 8.08. The molecule has 1 atom stereocenters. The van der Waals surface area contributed by atoms with Crippen LogP contribution in [0, 0.1) is 13.8 Å². The number of hydrogen-bond donors (Lipinski definition) is 2. The normalized spacial score (nSPS) is 17.7. The van der Waals surface area contributed by atoms with Gasteiger partial charge >= 0.3 is 5.63 Å². The highest BCUT2D eigenvalue weighted by Gasteiger charge is 2.23. The smallest absolute Gasteiger partial charge is 0.349 e. The van der Waals surface area contributed by atoms with Crippen molar-refractivity contribution in [1.82, 2.24) is 20.6 Å². The average molecular weight is 469 g/mol. The number of halogens is 2. The zero-order chi connectivity index (χ0) is 20.4. The van der Waals surface area contributed by atoms with Gasteiger partial charge in [0.05, 0.1) is 6.54 Å². The third-order valence-corrected chi connectivity index (χ3v) is 5.94. The van der Waals surface area contributed by atoms with E-state index < -0.39 is 11.5 Å². The molecule has 170 valence electrons. The Hall–Kier alpha value is -1.96. The van der Waals surface area contributed by atoms with Gasteiger partial charge in [0.2, 0.25) is 0 Å². The Kier molecular flexibility index (Phi) is 9.03. The van der Waals surface area contributed by atoms with Gasteiger partial charge in [-0.3, -0.25) is 4.79 Å². The summed E-state index contributed by atoms with van der Waals surface area (Å²) in [5.74, 6) is 0.982. The van der Waals surface area contributed by atoms with Crippen LogP contribution in [0.1, 0.15) is 76.1 Å². The summed E-state index contributed by atoms with van der Waals surface area (Å²) in [6.07, 6.45) is 6.33. The van der Waals surface area contributed by atoms with Crippen molar-refractivity contribution in [3.63, 3.8) is 0 Å². The van der Waals surface area contributed by atoms with Crippen molar-refractivity contribution in [2.24, 2.45) is 0 Å². The molecule has 9 heteroatoms. The molecule has 7 nitrogen and oxygen atoms in total. The molecule has 1 aliphatic heterocycles. The number of carbonyl (C=O) groups is 1. The van der Waals surface area contributed by atoms with E-state index in [1.165, 1.54) is 12.0 Å². The van der Waals surface area contributed by atoms with Crippen LogP contribution >= 0.6 is 24.8 Å². The van der Waals surface area contributed by atoms with Gasteiger partial charge in [-0.15, -0.1) is 24.8 Å². The van der Waals surface area contributed by atoms with E-state index in [0.717, 1.165) is 56.6 Å². The van der Waals surface area contributed by atoms with Crippen LogP contribution in [0.25, 0.3) is 0 Å². The van der Waals surface area contributed by atoms with Gasteiger partial charge in [0.15, 0.2) is 0 Å². The van der Waals surface area contributed by atoms with Crippen LogP contribution in [-0.2, 0) is 19.4 Å². The van der Waals surface area contributed by atoms with Crippen molar-refractivity contribution in [3.8, 4) is 0 Å². The second kappa shape index (κ2) is 11.1. The van der Waals surface area contributed by atoms with Gasteiger partial charge in [-0.1, -0.05) is 0 Å². The fourth-order valence-corrected chi connectivity index (χ4v) is 4.37. The molecule has 1 aliphatic carbocycles. The fraction of sp³-hybridized carbons (Fsp3) is 0.545. The molecular formula is C22H30Cl2N4O3. The van der Waals surface area contributed by atoms with Crippen molar-refractivity contribution < 1.29 is 9.21 Å². The number of rotatable bonds is 4. The molecular weight excluding hydrogens is 439 g/mol. The molecule has 1 unspecified atom stereocenters. The maximum Gasteiger partial charge on any atom is 0.349 e. The molecule has 2 N–H and O–H groups in total. The summed E-state index contributed by atoms with van der Waals surface area (Å²) >= 11 is 0. The van der Waals surface area contributed by atoms with Crippen LogP contribution in [-0.4, -0.2) is 29.0 Å². The predicted octanol–water partition coefficient (Wildman–Crippen LogP) is 3.17. The monoisotopic (exact) mass is 468 g/mol. The van der Waals surface area contributed by atoms with Crippen LogP contribution in [0.2, 0.25) is 0 Å². The topological polar surface area (TPSA) is 97.1 Å². The quantitative estimate of drug-likeness (QED) is 0.714. The lowest BCUT2D eigenvalue weighted by atomic mass is 9.95. The third-order valence-electron chi connectivity index (χ3n) is 5.94. The summed E-state index contributed by atoms with van der Waals surface area (Å²) in [5, 5.41) is 6.11. The molecule has 31 heavy (non-hydrogen) atoms. The molecule has 0 radical (unpaired) electrons. The molecule has 0 saturated carbocycles. The van der Waals surface area contributed by atoms with Gasteiger partial charge in [-0.2, -0.15) is 0 Å². The molecule has 1 amide bonds. The Morgan fingerprint density at radius 2 is 1.97 bits per heavy atom. The van der Waals surface area contributed by atoms with E-state index in [1.54, 1.807) is 6.92 Å². The van der Waals surface area contributed by atoms with E-state index >= 15 is 0 Å². The van der Waals surface area contributed by atoms with Gasteiger partial charge < -0.3 is 15.1 Å². The standard InChI is InChI=1S/C22H28N4O3.2ClH/c1-13-10-18(15-6-5-9-23-11-15)29-22(28)20(13)21(27)24-12-19-25-14(2)16-7-3-4-8-17(16)26-19;;/h10,15,23H,3-9,11-12H2,1-2H3,(H,24,27);2*1H. The van der Waals surface area contributed by atoms with Gasteiger partial charge in [0.1, 0.15) is 17.1 Å². The Bertz CT molecular complexity index is 987. The summed E-state index contributed by atoms with van der Waals surface area (Å²) < 4.78 is 5.51. The van der Waals surface area contributed by atoms with Gasteiger partial charge in [-0.25, -0.2) is 14.8 Å². The van der Waals surface area contributed by atoms with Gasteiger partial charge in [-0.05, 0) is 76.1 Å². The van der Waals surface area contributed by atoms with E-state index in [0.29, 0.717) is 17.1 Å². The predicted molar refractivity (Wildman–Crippen MR) is 124 cm³/mol. The number of amides is 1.